The standard InChI is InChI=1S/C16H22F4O2/c1-15(2,3)9-7-10(16(4,5)6)12(22-14(19)20)11(8-9)21-13(17)18/h7-8,13-14H,1-6H3. The number of hydrogen-bond donors (Lipinski definition) is 0. The van der Waals surface area contributed by atoms with Gasteiger partial charge in [0, 0.05) is 5.56 Å². The van der Waals surface area contributed by atoms with Gasteiger partial charge in [0.1, 0.15) is 0 Å². The topological polar surface area (TPSA) is 18.5 Å². The average molecular weight is 322 g/mol. The van der Waals surface area contributed by atoms with Crippen molar-refractivity contribution < 1.29 is 27.0 Å². The first kappa shape index (κ1) is 18.6. The third-order valence-electron chi connectivity index (χ3n) is 3.15. The van der Waals surface area contributed by atoms with E-state index >= 15 is 0 Å². The van der Waals surface area contributed by atoms with Crippen LogP contribution in [0.5, 0.6) is 11.5 Å². The van der Waals surface area contributed by atoms with Crippen LogP contribution in [-0.4, -0.2) is 13.2 Å². The van der Waals surface area contributed by atoms with Crippen molar-refractivity contribution in [1.29, 1.82) is 0 Å². The summed E-state index contributed by atoms with van der Waals surface area (Å²) in [6.07, 6.45) is 0. The molecule has 0 bridgehead atoms. The van der Waals surface area contributed by atoms with E-state index in [1.54, 1.807) is 26.8 Å². The van der Waals surface area contributed by atoms with Crippen LogP contribution in [0.4, 0.5) is 17.6 Å². The third-order valence-corrected chi connectivity index (χ3v) is 3.15. The van der Waals surface area contributed by atoms with Crippen molar-refractivity contribution in [1.82, 2.24) is 0 Å². The van der Waals surface area contributed by atoms with Crippen LogP contribution in [0, 0.1) is 0 Å². The number of ether oxygens (including phenoxy) is 2. The number of hydrogen-bond acceptors (Lipinski definition) is 2. The highest BCUT2D eigenvalue weighted by Crippen LogP contribution is 2.43. The first-order valence-electron chi connectivity index (χ1n) is 6.91. The van der Waals surface area contributed by atoms with Crippen molar-refractivity contribution in [3.05, 3.63) is 23.3 Å². The fraction of sp³-hybridized carbons (Fsp3) is 0.625. The molecule has 0 N–H and O–H groups in total. The summed E-state index contributed by atoms with van der Waals surface area (Å²) in [6, 6.07) is 3.04. The Morgan fingerprint density at radius 2 is 1.27 bits per heavy atom. The van der Waals surface area contributed by atoms with Crippen LogP contribution < -0.4 is 9.47 Å². The molecule has 0 heterocycles. The summed E-state index contributed by atoms with van der Waals surface area (Å²) in [4.78, 5) is 0. The molecule has 0 saturated heterocycles. The van der Waals surface area contributed by atoms with Crippen LogP contribution >= 0.6 is 0 Å². The SMILES string of the molecule is CC(C)(C)c1cc(OC(F)F)c(OC(F)F)c(C(C)(C)C)c1. The molecule has 126 valence electrons. The zero-order valence-corrected chi connectivity index (χ0v) is 13.6. The van der Waals surface area contributed by atoms with Crippen molar-refractivity contribution in [3.8, 4) is 11.5 Å². The van der Waals surface area contributed by atoms with Gasteiger partial charge in [0.2, 0.25) is 0 Å². The summed E-state index contributed by atoms with van der Waals surface area (Å²) in [6.45, 7) is 4.82. The smallest absolute Gasteiger partial charge is 0.387 e. The van der Waals surface area contributed by atoms with Crippen molar-refractivity contribution in [3.63, 3.8) is 0 Å². The highest BCUT2D eigenvalue weighted by Gasteiger charge is 2.29. The minimum absolute atomic E-state index is 0.337. The molecule has 0 aliphatic heterocycles. The molecule has 22 heavy (non-hydrogen) atoms. The Morgan fingerprint density at radius 3 is 1.64 bits per heavy atom. The lowest BCUT2D eigenvalue weighted by atomic mass is 9.80. The van der Waals surface area contributed by atoms with Crippen molar-refractivity contribution >= 4 is 0 Å². The van der Waals surface area contributed by atoms with Gasteiger partial charge in [0.25, 0.3) is 0 Å². The van der Waals surface area contributed by atoms with Crippen LogP contribution in [0.3, 0.4) is 0 Å². The summed E-state index contributed by atoms with van der Waals surface area (Å²) >= 11 is 0. The second kappa shape index (κ2) is 6.34. The van der Waals surface area contributed by atoms with Crippen LogP contribution in [0.25, 0.3) is 0 Å². The Morgan fingerprint density at radius 1 is 0.773 bits per heavy atom. The van der Waals surface area contributed by atoms with Crippen LogP contribution in [-0.2, 0) is 10.8 Å². The molecule has 2 nitrogen and oxygen atoms in total. The van der Waals surface area contributed by atoms with Gasteiger partial charge >= 0.3 is 13.2 Å². The Kier molecular flexibility index (Phi) is 5.36. The highest BCUT2D eigenvalue weighted by atomic mass is 19.3. The number of benzene rings is 1. The maximum Gasteiger partial charge on any atom is 0.387 e. The fourth-order valence-corrected chi connectivity index (χ4v) is 1.99. The number of halogens is 4. The average Bonchev–Trinajstić information content (AvgIpc) is 2.26. The van der Waals surface area contributed by atoms with Crippen LogP contribution in [0.15, 0.2) is 12.1 Å². The summed E-state index contributed by atoms with van der Waals surface area (Å²) in [5.41, 5.74) is 0.167. The maximum absolute atomic E-state index is 12.7. The summed E-state index contributed by atoms with van der Waals surface area (Å²) < 4.78 is 59.5. The van der Waals surface area contributed by atoms with Crippen molar-refractivity contribution in [2.75, 3.05) is 0 Å². The lowest BCUT2D eigenvalue weighted by Crippen LogP contribution is -2.20. The van der Waals surface area contributed by atoms with Gasteiger partial charge in [-0.1, -0.05) is 47.6 Å². The zero-order chi connectivity index (χ0) is 17.3. The molecule has 0 aromatic heterocycles. The van der Waals surface area contributed by atoms with Crippen molar-refractivity contribution in [2.45, 2.75) is 65.6 Å². The minimum Gasteiger partial charge on any atom is -0.431 e. The van der Waals surface area contributed by atoms with Gasteiger partial charge in [-0.2, -0.15) is 17.6 Å². The molecule has 1 aromatic rings. The highest BCUT2D eigenvalue weighted by molar-refractivity contribution is 5.53. The molecule has 0 unspecified atom stereocenters. The molecule has 0 aliphatic rings. The number of rotatable bonds is 4. The Labute approximate surface area is 128 Å². The van der Waals surface area contributed by atoms with E-state index in [9.17, 15) is 17.6 Å². The molecule has 0 amide bonds. The van der Waals surface area contributed by atoms with Crippen LogP contribution in [0.2, 0.25) is 0 Å². The van der Waals surface area contributed by atoms with E-state index in [2.05, 4.69) is 9.47 Å². The molecule has 0 atom stereocenters. The molecule has 0 aliphatic carbocycles. The van der Waals surface area contributed by atoms with Gasteiger partial charge in [-0.05, 0) is 22.5 Å². The molecule has 0 spiro atoms. The maximum atomic E-state index is 12.7. The molecule has 1 rings (SSSR count). The lowest BCUT2D eigenvalue weighted by molar-refractivity contribution is -0.0701. The first-order valence-corrected chi connectivity index (χ1v) is 6.91. The van der Waals surface area contributed by atoms with E-state index in [1.807, 2.05) is 20.8 Å². The number of alkyl halides is 4. The zero-order valence-electron chi connectivity index (χ0n) is 13.6. The lowest BCUT2D eigenvalue weighted by Gasteiger charge is -2.28. The second-order valence-electron chi connectivity index (χ2n) is 7.11. The summed E-state index contributed by atoms with van der Waals surface area (Å²) in [5, 5.41) is 0. The first-order chi connectivity index (χ1) is 9.82. The largest absolute Gasteiger partial charge is 0.431 e. The Balaban J connectivity index is 3.61. The van der Waals surface area contributed by atoms with Gasteiger partial charge in [0.15, 0.2) is 11.5 Å². The monoisotopic (exact) mass is 322 g/mol. The van der Waals surface area contributed by atoms with Gasteiger partial charge in [-0.25, -0.2) is 0 Å². The third kappa shape index (κ3) is 4.78. The molecular formula is C16H22F4O2. The molecule has 0 fully saturated rings. The van der Waals surface area contributed by atoms with E-state index in [0.29, 0.717) is 11.1 Å². The summed E-state index contributed by atoms with van der Waals surface area (Å²) in [5.74, 6) is -0.705. The molecule has 1 aromatic carbocycles. The normalized spacial score (nSPS) is 12.9. The molecule has 0 saturated carbocycles. The Hall–Kier alpha value is -1.46. The quantitative estimate of drug-likeness (QED) is 0.683. The van der Waals surface area contributed by atoms with E-state index < -0.39 is 18.6 Å². The van der Waals surface area contributed by atoms with Gasteiger partial charge in [-0.15, -0.1) is 0 Å². The van der Waals surface area contributed by atoms with Gasteiger partial charge in [-0.3, -0.25) is 0 Å². The fourth-order valence-electron chi connectivity index (χ4n) is 1.99. The molecular weight excluding hydrogens is 300 g/mol. The Bertz CT molecular complexity index is 514. The van der Waals surface area contributed by atoms with E-state index in [-0.39, 0.29) is 16.9 Å². The van der Waals surface area contributed by atoms with Crippen molar-refractivity contribution in [2.24, 2.45) is 0 Å². The van der Waals surface area contributed by atoms with Crippen LogP contribution in [0.1, 0.15) is 52.7 Å². The summed E-state index contributed by atoms with van der Waals surface area (Å²) in [7, 11) is 0. The second-order valence-corrected chi connectivity index (χ2v) is 7.11. The minimum atomic E-state index is -3.12. The van der Waals surface area contributed by atoms with E-state index in [1.165, 1.54) is 6.07 Å². The molecule has 6 heteroatoms. The van der Waals surface area contributed by atoms with E-state index in [0.717, 1.165) is 0 Å². The molecule has 0 radical (unpaired) electrons. The predicted octanol–water partition coefficient (Wildman–Crippen LogP) is 5.48. The van der Waals surface area contributed by atoms with E-state index in [4.69, 9.17) is 0 Å². The van der Waals surface area contributed by atoms with Gasteiger partial charge in [0.05, 0.1) is 0 Å². The van der Waals surface area contributed by atoms with Gasteiger partial charge < -0.3 is 9.47 Å². The predicted molar refractivity (Wildman–Crippen MR) is 77.1 cm³/mol.